The lowest BCUT2D eigenvalue weighted by Crippen LogP contribution is -2.59. The molecule has 1 saturated heterocycles. The predicted octanol–water partition coefficient (Wildman–Crippen LogP) is 2.66. The average molecular weight is 316 g/mol. The number of hydrogen-bond acceptors (Lipinski definition) is 4. The van der Waals surface area contributed by atoms with Gasteiger partial charge in [0.1, 0.15) is 5.78 Å². The number of allylic oxidation sites excluding steroid dienone is 2. The minimum absolute atomic E-state index is 0.0581. The number of carbonyl (C=O) groups is 2. The van der Waals surface area contributed by atoms with E-state index in [0.29, 0.717) is 37.3 Å². The Morgan fingerprint density at radius 3 is 2.70 bits per heavy atom. The minimum atomic E-state index is -0.405. The third-order valence-corrected chi connectivity index (χ3v) is 7.93. The van der Waals surface area contributed by atoms with Crippen LogP contribution in [0.2, 0.25) is 0 Å². The maximum Gasteiger partial charge on any atom is 0.171 e. The fourth-order valence-corrected chi connectivity index (χ4v) is 6.99. The number of ether oxygens (including phenoxy) is 2. The van der Waals surface area contributed by atoms with Crippen molar-refractivity contribution in [2.75, 3.05) is 13.2 Å². The summed E-state index contributed by atoms with van der Waals surface area (Å²) in [5.41, 5.74) is 0.722. The summed E-state index contributed by atoms with van der Waals surface area (Å²) in [4.78, 5) is 24.9. The summed E-state index contributed by atoms with van der Waals surface area (Å²) in [5.74, 6) is 0.762. The van der Waals surface area contributed by atoms with Crippen molar-refractivity contribution in [3.8, 4) is 0 Å². The molecule has 4 heteroatoms. The highest BCUT2D eigenvalue weighted by Gasteiger charge is 2.72. The van der Waals surface area contributed by atoms with Crippen molar-refractivity contribution >= 4 is 11.6 Å². The highest BCUT2D eigenvalue weighted by atomic mass is 16.7. The smallest absolute Gasteiger partial charge is 0.171 e. The number of carbonyl (C=O) groups excluding carboxylic acids is 2. The standard InChI is InChI=1S/C19H24O4/c1-11(20)14-8-13-15-7-12-9-18(15,17(14,2)10-16(13)21)3-4-19(12)22-5-6-23-19/h8,12-13,15H,3-7,9-10H2,1-2H3/t12?,13-,15?,17+,18-/m1/s1. The average Bonchev–Trinajstić information content (AvgIpc) is 3.07. The number of rotatable bonds is 1. The molecule has 0 aromatic rings. The second-order valence-electron chi connectivity index (χ2n) is 8.55. The molecule has 5 atom stereocenters. The summed E-state index contributed by atoms with van der Waals surface area (Å²) in [6.07, 6.45) is 6.54. The van der Waals surface area contributed by atoms with Crippen LogP contribution < -0.4 is 0 Å². The molecule has 2 unspecified atom stereocenters. The van der Waals surface area contributed by atoms with Gasteiger partial charge in [0.25, 0.3) is 0 Å². The Balaban J connectivity index is 1.63. The van der Waals surface area contributed by atoms with Crippen LogP contribution in [-0.4, -0.2) is 30.6 Å². The van der Waals surface area contributed by atoms with Gasteiger partial charge >= 0.3 is 0 Å². The monoisotopic (exact) mass is 316 g/mol. The van der Waals surface area contributed by atoms with Crippen molar-refractivity contribution in [3.63, 3.8) is 0 Å². The summed E-state index contributed by atoms with van der Waals surface area (Å²) in [6, 6.07) is 0. The second-order valence-corrected chi connectivity index (χ2v) is 8.55. The molecule has 23 heavy (non-hydrogen) atoms. The molecule has 1 aliphatic heterocycles. The first-order valence-corrected chi connectivity index (χ1v) is 8.96. The summed E-state index contributed by atoms with van der Waals surface area (Å²) in [6.45, 7) is 5.21. The molecule has 0 N–H and O–H groups in total. The van der Waals surface area contributed by atoms with Gasteiger partial charge in [-0.1, -0.05) is 13.0 Å². The highest BCUT2D eigenvalue weighted by Crippen LogP contribution is 2.74. The van der Waals surface area contributed by atoms with Crippen LogP contribution in [0.25, 0.3) is 0 Å². The van der Waals surface area contributed by atoms with Gasteiger partial charge in [-0.25, -0.2) is 0 Å². The van der Waals surface area contributed by atoms with E-state index in [0.717, 1.165) is 31.3 Å². The summed E-state index contributed by atoms with van der Waals surface area (Å²) >= 11 is 0. The van der Waals surface area contributed by atoms with E-state index in [2.05, 4.69) is 6.92 Å². The fraction of sp³-hybridized carbons (Fsp3) is 0.789. The van der Waals surface area contributed by atoms with E-state index >= 15 is 0 Å². The van der Waals surface area contributed by atoms with Crippen LogP contribution in [0.5, 0.6) is 0 Å². The topological polar surface area (TPSA) is 52.6 Å². The fourth-order valence-electron chi connectivity index (χ4n) is 6.99. The van der Waals surface area contributed by atoms with Crippen LogP contribution in [0.15, 0.2) is 11.6 Å². The van der Waals surface area contributed by atoms with Crippen molar-refractivity contribution in [2.24, 2.45) is 28.6 Å². The van der Waals surface area contributed by atoms with Gasteiger partial charge in [0.05, 0.1) is 13.2 Å². The lowest BCUT2D eigenvalue weighted by Gasteiger charge is -2.61. The molecule has 6 rings (SSSR count). The molecular weight excluding hydrogens is 292 g/mol. The minimum Gasteiger partial charge on any atom is -0.347 e. The Morgan fingerprint density at radius 2 is 2.00 bits per heavy atom. The molecule has 0 amide bonds. The van der Waals surface area contributed by atoms with Crippen molar-refractivity contribution in [2.45, 2.75) is 51.7 Å². The van der Waals surface area contributed by atoms with Gasteiger partial charge in [-0.2, -0.15) is 0 Å². The van der Waals surface area contributed by atoms with Crippen LogP contribution in [0.3, 0.4) is 0 Å². The van der Waals surface area contributed by atoms with Crippen LogP contribution in [0.1, 0.15) is 46.0 Å². The normalized spacial score (nSPS) is 49.4. The quantitative estimate of drug-likeness (QED) is 0.746. The SMILES string of the molecule is CC(=O)C1=C[C@H]2C(=O)C[C@]1(C)[C@@]13CCC4(OCCO4)C(CC21)C3. The zero-order valence-corrected chi connectivity index (χ0v) is 13.9. The van der Waals surface area contributed by atoms with Gasteiger partial charge in [-0.15, -0.1) is 0 Å². The molecule has 3 saturated carbocycles. The Bertz CT molecular complexity index is 644. The molecule has 4 bridgehead atoms. The maximum atomic E-state index is 12.7. The number of fused-ring (bicyclic) bond motifs is 3. The molecular formula is C19H24O4. The third-order valence-electron chi connectivity index (χ3n) is 7.93. The molecule has 124 valence electrons. The first-order valence-electron chi connectivity index (χ1n) is 8.96. The Hall–Kier alpha value is -1.00. The van der Waals surface area contributed by atoms with Crippen LogP contribution in [-0.2, 0) is 19.1 Å². The van der Waals surface area contributed by atoms with E-state index in [1.807, 2.05) is 6.08 Å². The Morgan fingerprint density at radius 1 is 1.26 bits per heavy atom. The van der Waals surface area contributed by atoms with E-state index in [1.165, 1.54) is 0 Å². The number of Topliss-reactive ketones (excluding diaryl/α,β-unsaturated/α-hetero) is 2. The number of ketones is 2. The zero-order valence-electron chi connectivity index (χ0n) is 13.9. The van der Waals surface area contributed by atoms with Gasteiger partial charge in [-0.3, -0.25) is 9.59 Å². The first-order chi connectivity index (χ1) is 10.9. The maximum absolute atomic E-state index is 12.7. The van der Waals surface area contributed by atoms with E-state index in [4.69, 9.17) is 9.47 Å². The van der Waals surface area contributed by atoms with Gasteiger partial charge in [0.15, 0.2) is 11.6 Å². The Kier molecular flexibility index (Phi) is 2.59. The molecule has 1 heterocycles. The summed E-state index contributed by atoms with van der Waals surface area (Å²) in [5, 5.41) is 0. The molecule has 4 nitrogen and oxygen atoms in total. The van der Waals surface area contributed by atoms with Crippen molar-refractivity contribution in [3.05, 3.63) is 11.6 Å². The van der Waals surface area contributed by atoms with Crippen LogP contribution in [0.4, 0.5) is 0 Å². The zero-order chi connectivity index (χ0) is 16.0. The van der Waals surface area contributed by atoms with E-state index in [9.17, 15) is 9.59 Å². The van der Waals surface area contributed by atoms with Gasteiger partial charge in [0.2, 0.25) is 0 Å². The molecule has 5 aliphatic carbocycles. The summed E-state index contributed by atoms with van der Waals surface area (Å²) < 4.78 is 12.1. The van der Waals surface area contributed by atoms with Crippen molar-refractivity contribution in [1.29, 1.82) is 0 Å². The largest absolute Gasteiger partial charge is 0.347 e. The van der Waals surface area contributed by atoms with Gasteiger partial charge in [0, 0.05) is 30.1 Å². The van der Waals surface area contributed by atoms with Crippen molar-refractivity contribution in [1.82, 2.24) is 0 Å². The molecule has 2 spiro atoms. The van der Waals surface area contributed by atoms with Crippen molar-refractivity contribution < 1.29 is 19.1 Å². The molecule has 0 radical (unpaired) electrons. The summed E-state index contributed by atoms with van der Waals surface area (Å²) in [7, 11) is 0. The second kappa shape index (κ2) is 4.15. The van der Waals surface area contributed by atoms with Gasteiger partial charge in [-0.05, 0) is 43.1 Å². The van der Waals surface area contributed by atoms with Crippen LogP contribution >= 0.6 is 0 Å². The van der Waals surface area contributed by atoms with E-state index < -0.39 is 5.79 Å². The lowest BCUT2D eigenvalue weighted by atomic mass is 9.42. The first kappa shape index (κ1) is 14.4. The molecule has 0 aromatic heterocycles. The van der Waals surface area contributed by atoms with Gasteiger partial charge < -0.3 is 9.47 Å². The third kappa shape index (κ3) is 1.46. The van der Waals surface area contributed by atoms with E-state index in [1.54, 1.807) is 6.92 Å². The lowest BCUT2D eigenvalue weighted by molar-refractivity contribution is -0.222. The Labute approximate surface area is 136 Å². The number of hydrogen-bond donors (Lipinski definition) is 0. The molecule has 6 aliphatic rings. The van der Waals surface area contributed by atoms with Crippen LogP contribution in [0, 0.1) is 28.6 Å². The predicted molar refractivity (Wildman–Crippen MR) is 82.5 cm³/mol. The molecule has 0 aromatic carbocycles. The van der Waals surface area contributed by atoms with E-state index in [-0.39, 0.29) is 22.5 Å². The molecule has 4 fully saturated rings. The highest BCUT2D eigenvalue weighted by molar-refractivity contribution is 6.00.